The standard InChI is InChI=1S/C25H20N2/c1-16-7-11-18(12-8-16)22-15-20-5-3-4-6-21(20)23-24(22)27-25(26-23)19-13-9-17(2)10-14-19/h3-15H,1-2H3,(H,26,27). The molecule has 1 N–H and O–H groups in total. The molecule has 0 radical (unpaired) electrons. The number of aromatic nitrogens is 2. The molecule has 27 heavy (non-hydrogen) atoms. The Kier molecular flexibility index (Phi) is 3.58. The van der Waals surface area contributed by atoms with E-state index in [9.17, 15) is 0 Å². The summed E-state index contributed by atoms with van der Waals surface area (Å²) in [5.41, 5.74) is 8.10. The van der Waals surface area contributed by atoms with Crippen molar-refractivity contribution >= 4 is 21.8 Å². The number of benzene rings is 4. The van der Waals surface area contributed by atoms with Gasteiger partial charge >= 0.3 is 0 Å². The maximum atomic E-state index is 5.01. The van der Waals surface area contributed by atoms with Gasteiger partial charge in [0.05, 0.1) is 11.0 Å². The van der Waals surface area contributed by atoms with Gasteiger partial charge in [-0.2, -0.15) is 0 Å². The normalized spacial score (nSPS) is 11.3. The molecule has 0 unspecified atom stereocenters. The Morgan fingerprint density at radius 2 is 1.33 bits per heavy atom. The molecule has 0 amide bonds. The van der Waals surface area contributed by atoms with E-state index in [1.54, 1.807) is 0 Å². The first kappa shape index (κ1) is 15.8. The molecular formula is C25H20N2. The summed E-state index contributed by atoms with van der Waals surface area (Å²) in [5.74, 6) is 0.912. The number of hydrogen-bond acceptors (Lipinski definition) is 1. The number of nitrogens with one attached hydrogen (secondary N) is 1. The zero-order chi connectivity index (χ0) is 18.4. The smallest absolute Gasteiger partial charge is 0.138 e. The van der Waals surface area contributed by atoms with E-state index >= 15 is 0 Å². The summed E-state index contributed by atoms with van der Waals surface area (Å²) in [6.45, 7) is 4.22. The van der Waals surface area contributed by atoms with Crippen molar-refractivity contribution < 1.29 is 0 Å². The van der Waals surface area contributed by atoms with Crippen LogP contribution in [0.2, 0.25) is 0 Å². The zero-order valence-corrected chi connectivity index (χ0v) is 15.5. The van der Waals surface area contributed by atoms with Gasteiger partial charge in [-0.25, -0.2) is 4.98 Å². The molecule has 130 valence electrons. The van der Waals surface area contributed by atoms with E-state index in [1.807, 2.05) is 0 Å². The van der Waals surface area contributed by atoms with E-state index < -0.39 is 0 Å². The van der Waals surface area contributed by atoms with Crippen LogP contribution in [0.4, 0.5) is 0 Å². The molecule has 0 saturated carbocycles. The molecule has 0 bridgehead atoms. The molecule has 1 aromatic heterocycles. The third kappa shape index (κ3) is 2.70. The van der Waals surface area contributed by atoms with Crippen LogP contribution in [0.1, 0.15) is 11.1 Å². The number of hydrogen-bond donors (Lipinski definition) is 1. The van der Waals surface area contributed by atoms with Crippen molar-refractivity contribution in [3.8, 4) is 22.5 Å². The molecular weight excluding hydrogens is 328 g/mol. The van der Waals surface area contributed by atoms with Crippen LogP contribution in [0.3, 0.4) is 0 Å². The number of aromatic amines is 1. The van der Waals surface area contributed by atoms with Gasteiger partial charge in [0.25, 0.3) is 0 Å². The highest BCUT2D eigenvalue weighted by molar-refractivity contribution is 6.11. The van der Waals surface area contributed by atoms with Crippen LogP contribution < -0.4 is 0 Å². The Hall–Kier alpha value is -3.39. The first-order chi connectivity index (χ1) is 13.2. The number of aryl methyl sites for hydroxylation is 2. The van der Waals surface area contributed by atoms with Crippen molar-refractivity contribution in [2.45, 2.75) is 13.8 Å². The Labute approximate surface area is 158 Å². The number of fused-ring (bicyclic) bond motifs is 3. The van der Waals surface area contributed by atoms with E-state index in [1.165, 1.54) is 33.0 Å². The quantitative estimate of drug-likeness (QED) is 0.379. The molecule has 0 aliphatic rings. The SMILES string of the molecule is Cc1ccc(-c2nc3c(-c4ccc(C)cc4)cc4ccccc4c3[nH]2)cc1. The lowest BCUT2D eigenvalue weighted by molar-refractivity contribution is 1.33. The van der Waals surface area contributed by atoms with Crippen molar-refractivity contribution in [1.82, 2.24) is 9.97 Å². The maximum absolute atomic E-state index is 5.01. The van der Waals surface area contributed by atoms with Gasteiger partial charge in [0, 0.05) is 16.5 Å². The van der Waals surface area contributed by atoms with Crippen LogP contribution in [0.15, 0.2) is 78.9 Å². The molecule has 2 nitrogen and oxygen atoms in total. The van der Waals surface area contributed by atoms with E-state index in [0.29, 0.717) is 0 Å². The van der Waals surface area contributed by atoms with Crippen molar-refractivity contribution in [3.05, 3.63) is 90.0 Å². The predicted octanol–water partition coefficient (Wildman–Crippen LogP) is 6.67. The molecule has 0 aliphatic carbocycles. The first-order valence-corrected chi connectivity index (χ1v) is 9.24. The number of rotatable bonds is 2. The van der Waals surface area contributed by atoms with Crippen molar-refractivity contribution in [2.75, 3.05) is 0 Å². The Morgan fingerprint density at radius 1 is 0.704 bits per heavy atom. The molecule has 0 aliphatic heterocycles. The monoisotopic (exact) mass is 348 g/mol. The molecule has 5 rings (SSSR count). The van der Waals surface area contributed by atoms with E-state index in [-0.39, 0.29) is 0 Å². The second kappa shape index (κ2) is 6.10. The van der Waals surface area contributed by atoms with Gasteiger partial charge in [-0.3, -0.25) is 0 Å². The van der Waals surface area contributed by atoms with Gasteiger partial charge < -0.3 is 4.98 Å². The van der Waals surface area contributed by atoms with Crippen molar-refractivity contribution in [2.24, 2.45) is 0 Å². The number of H-pyrrole nitrogens is 1. The van der Waals surface area contributed by atoms with Crippen LogP contribution in [0.5, 0.6) is 0 Å². The summed E-state index contributed by atoms with van der Waals surface area (Å²) < 4.78 is 0. The van der Waals surface area contributed by atoms with Crippen molar-refractivity contribution in [3.63, 3.8) is 0 Å². The topological polar surface area (TPSA) is 28.7 Å². The fourth-order valence-corrected chi connectivity index (χ4v) is 3.64. The van der Waals surface area contributed by atoms with E-state index in [0.717, 1.165) is 22.4 Å². The first-order valence-electron chi connectivity index (χ1n) is 9.24. The van der Waals surface area contributed by atoms with Gasteiger partial charge in [-0.1, -0.05) is 83.9 Å². The minimum absolute atomic E-state index is 0.912. The van der Waals surface area contributed by atoms with Crippen molar-refractivity contribution in [1.29, 1.82) is 0 Å². The Bertz CT molecular complexity index is 1260. The third-order valence-electron chi connectivity index (χ3n) is 5.18. The summed E-state index contributed by atoms with van der Waals surface area (Å²) in [5, 5.41) is 2.42. The molecule has 2 heteroatoms. The Balaban J connectivity index is 1.82. The summed E-state index contributed by atoms with van der Waals surface area (Å²) in [6, 6.07) is 27.9. The average Bonchev–Trinajstić information content (AvgIpc) is 3.14. The molecule has 0 spiro atoms. The second-order valence-corrected chi connectivity index (χ2v) is 7.19. The summed E-state index contributed by atoms with van der Waals surface area (Å²) in [4.78, 5) is 8.59. The molecule has 4 aromatic carbocycles. The van der Waals surface area contributed by atoms with Crippen LogP contribution in [0, 0.1) is 13.8 Å². The van der Waals surface area contributed by atoms with E-state index in [2.05, 4.69) is 97.7 Å². The molecule has 0 saturated heterocycles. The molecule has 0 atom stereocenters. The second-order valence-electron chi connectivity index (χ2n) is 7.19. The minimum atomic E-state index is 0.912. The van der Waals surface area contributed by atoms with Crippen LogP contribution in [-0.4, -0.2) is 9.97 Å². The lowest BCUT2D eigenvalue weighted by Crippen LogP contribution is -1.84. The lowest BCUT2D eigenvalue weighted by Gasteiger charge is -2.07. The van der Waals surface area contributed by atoms with E-state index in [4.69, 9.17) is 4.98 Å². The summed E-state index contributed by atoms with van der Waals surface area (Å²) >= 11 is 0. The average molecular weight is 348 g/mol. The predicted molar refractivity (Wildman–Crippen MR) is 114 cm³/mol. The summed E-state index contributed by atoms with van der Waals surface area (Å²) in [7, 11) is 0. The largest absolute Gasteiger partial charge is 0.337 e. The third-order valence-corrected chi connectivity index (χ3v) is 5.18. The zero-order valence-electron chi connectivity index (χ0n) is 15.5. The van der Waals surface area contributed by atoms with Gasteiger partial charge in [-0.05, 0) is 30.9 Å². The highest BCUT2D eigenvalue weighted by atomic mass is 14.9. The van der Waals surface area contributed by atoms with Gasteiger partial charge in [0.1, 0.15) is 5.82 Å². The Morgan fingerprint density at radius 3 is 2.04 bits per heavy atom. The van der Waals surface area contributed by atoms with Crippen LogP contribution >= 0.6 is 0 Å². The molecule has 0 fully saturated rings. The fraction of sp³-hybridized carbons (Fsp3) is 0.0800. The molecule has 5 aromatic rings. The van der Waals surface area contributed by atoms with Crippen LogP contribution in [0.25, 0.3) is 44.3 Å². The number of imidazole rings is 1. The van der Waals surface area contributed by atoms with Gasteiger partial charge in [0.2, 0.25) is 0 Å². The van der Waals surface area contributed by atoms with Gasteiger partial charge in [-0.15, -0.1) is 0 Å². The van der Waals surface area contributed by atoms with Crippen LogP contribution in [-0.2, 0) is 0 Å². The minimum Gasteiger partial charge on any atom is -0.337 e. The fourth-order valence-electron chi connectivity index (χ4n) is 3.64. The lowest BCUT2D eigenvalue weighted by atomic mass is 9.98. The highest BCUT2D eigenvalue weighted by Crippen LogP contribution is 2.35. The summed E-state index contributed by atoms with van der Waals surface area (Å²) in [6.07, 6.45) is 0. The molecule has 1 heterocycles. The van der Waals surface area contributed by atoms with Gasteiger partial charge in [0.15, 0.2) is 0 Å². The maximum Gasteiger partial charge on any atom is 0.138 e. The highest BCUT2D eigenvalue weighted by Gasteiger charge is 2.14. The number of nitrogens with zero attached hydrogens (tertiary/aromatic N) is 1.